The van der Waals surface area contributed by atoms with Gasteiger partial charge in [-0.3, -0.25) is 0 Å². The van der Waals surface area contributed by atoms with Crippen LogP contribution in [0, 0.1) is 0 Å². The van der Waals surface area contributed by atoms with Gasteiger partial charge >= 0.3 is 0 Å². The van der Waals surface area contributed by atoms with Gasteiger partial charge < -0.3 is 19.9 Å². The molecule has 0 aliphatic carbocycles. The molecule has 0 radical (unpaired) electrons. The summed E-state index contributed by atoms with van der Waals surface area (Å²) in [6.07, 6.45) is -0.144. The molecule has 0 heterocycles. The van der Waals surface area contributed by atoms with Gasteiger partial charge in [0.15, 0.2) is 0 Å². The monoisotopic (exact) mass is 289 g/mol. The third-order valence-corrected chi connectivity index (χ3v) is 2.67. The van der Waals surface area contributed by atoms with Crippen LogP contribution in [0.3, 0.4) is 0 Å². The topological polar surface area (TPSA) is 53.7 Å². The fraction of sp³-hybridized carbons (Fsp3) is 0.455. The van der Waals surface area contributed by atoms with Crippen molar-refractivity contribution in [2.75, 3.05) is 27.4 Å². The van der Waals surface area contributed by atoms with E-state index in [0.29, 0.717) is 13.2 Å². The minimum absolute atomic E-state index is 0.144. The zero-order chi connectivity index (χ0) is 12.0. The van der Waals surface area contributed by atoms with E-state index in [1.54, 1.807) is 14.2 Å². The van der Waals surface area contributed by atoms with Crippen LogP contribution in [0.4, 0.5) is 0 Å². The van der Waals surface area contributed by atoms with Crippen LogP contribution in [0.2, 0.25) is 0 Å². The lowest BCUT2D eigenvalue weighted by Gasteiger charge is -2.17. The summed E-state index contributed by atoms with van der Waals surface area (Å²) >= 11 is 3.41. The lowest BCUT2D eigenvalue weighted by atomic mass is 10.3. The van der Waals surface area contributed by atoms with E-state index in [0.717, 1.165) is 16.0 Å². The Morgan fingerprint density at radius 1 is 1.38 bits per heavy atom. The summed E-state index contributed by atoms with van der Waals surface area (Å²) in [6, 6.07) is 5.51. The predicted octanol–water partition coefficient (Wildman–Crippen LogP) is 1.81. The van der Waals surface area contributed by atoms with Crippen molar-refractivity contribution in [3.05, 3.63) is 22.7 Å². The highest BCUT2D eigenvalue weighted by atomic mass is 79.9. The molecule has 1 unspecified atom stereocenters. The summed E-state index contributed by atoms with van der Waals surface area (Å²) in [6.45, 7) is 0.876. The van der Waals surface area contributed by atoms with Crippen LogP contribution in [0.25, 0.3) is 0 Å². The van der Waals surface area contributed by atoms with Gasteiger partial charge in [0, 0.05) is 13.7 Å². The van der Waals surface area contributed by atoms with Crippen molar-refractivity contribution in [1.82, 2.24) is 0 Å². The molecule has 1 aromatic carbocycles. The summed E-state index contributed by atoms with van der Waals surface area (Å²) in [7, 11) is 3.24. The van der Waals surface area contributed by atoms with Crippen LogP contribution >= 0.6 is 15.9 Å². The molecule has 16 heavy (non-hydrogen) atoms. The maximum atomic E-state index is 5.68. The quantitative estimate of drug-likeness (QED) is 0.868. The number of rotatable bonds is 6. The SMILES string of the molecule is COCC(CN)Oc1ccc(OC)cc1Br. The number of halogens is 1. The minimum atomic E-state index is -0.144. The third-order valence-electron chi connectivity index (χ3n) is 2.05. The minimum Gasteiger partial charge on any atom is -0.497 e. The summed E-state index contributed by atoms with van der Waals surface area (Å²) in [5, 5.41) is 0. The summed E-state index contributed by atoms with van der Waals surface area (Å²) in [5.74, 6) is 1.50. The van der Waals surface area contributed by atoms with Crippen molar-refractivity contribution in [1.29, 1.82) is 0 Å². The second-order valence-corrected chi connectivity index (χ2v) is 4.08. The molecular formula is C11H16BrNO3. The standard InChI is InChI=1S/C11H16BrNO3/c1-14-7-9(6-13)16-11-4-3-8(15-2)5-10(11)12/h3-5,9H,6-7,13H2,1-2H3. The van der Waals surface area contributed by atoms with Crippen LogP contribution < -0.4 is 15.2 Å². The van der Waals surface area contributed by atoms with Crippen LogP contribution in [0.15, 0.2) is 22.7 Å². The molecule has 0 saturated carbocycles. The number of hydrogen-bond donors (Lipinski definition) is 1. The average Bonchev–Trinajstić information content (AvgIpc) is 2.30. The van der Waals surface area contributed by atoms with Crippen LogP contribution in [-0.2, 0) is 4.74 Å². The fourth-order valence-corrected chi connectivity index (χ4v) is 1.67. The molecule has 2 N–H and O–H groups in total. The second-order valence-electron chi connectivity index (χ2n) is 3.23. The highest BCUT2D eigenvalue weighted by Gasteiger charge is 2.10. The van der Waals surface area contributed by atoms with E-state index in [9.17, 15) is 0 Å². The Hall–Kier alpha value is -0.780. The Morgan fingerprint density at radius 3 is 2.62 bits per heavy atom. The summed E-state index contributed by atoms with van der Waals surface area (Å²) < 4.78 is 16.6. The van der Waals surface area contributed by atoms with E-state index in [-0.39, 0.29) is 6.10 Å². The summed E-state index contributed by atoms with van der Waals surface area (Å²) in [5.41, 5.74) is 5.57. The normalized spacial score (nSPS) is 12.2. The predicted molar refractivity (Wildman–Crippen MR) is 66.0 cm³/mol. The first-order valence-corrected chi connectivity index (χ1v) is 5.69. The number of benzene rings is 1. The Bertz CT molecular complexity index is 333. The molecule has 0 spiro atoms. The van der Waals surface area contributed by atoms with Gasteiger partial charge in [0.2, 0.25) is 0 Å². The first kappa shape index (κ1) is 13.3. The molecular weight excluding hydrogens is 274 g/mol. The maximum absolute atomic E-state index is 5.68. The van der Waals surface area contributed by atoms with E-state index in [2.05, 4.69) is 15.9 Å². The van der Waals surface area contributed by atoms with Gasteiger partial charge in [0.05, 0.1) is 18.2 Å². The zero-order valence-electron chi connectivity index (χ0n) is 9.40. The Morgan fingerprint density at radius 2 is 2.12 bits per heavy atom. The maximum Gasteiger partial charge on any atom is 0.134 e. The smallest absolute Gasteiger partial charge is 0.134 e. The lowest BCUT2D eigenvalue weighted by Crippen LogP contribution is -2.31. The van der Waals surface area contributed by atoms with Gasteiger partial charge in [-0.25, -0.2) is 0 Å². The van der Waals surface area contributed by atoms with Crippen molar-refractivity contribution in [2.45, 2.75) is 6.10 Å². The van der Waals surface area contributed by atoms with Gasteiger partial charge in [-0.05, 0) is 34.1 Å². The van der Waals surface area contributed by atoms with Gasteiger partial charge in [0.1, 0.15) is 17.6 Å². The van der Waals surface area contributed by atoms with E-state index < -0.39 is 0 Å². The molecule has 90 valence electrons. The molecule has 0 aliphatic heterocycles. The Balaban J connectivity index is 2.72. The molecule has 0 saturated heterocycles. The molecule has 0 aromatic heterocycles. The van der Waals surface area contributed by atoms with Crippen LogP contribution in [0.5, 0.6) is 11.5 Å². The zero-order valence-corrected chi connectivity index (χ0v) is 11.0. The number of ether oxygens (including phenoxy) is 3. The first-order chi connectivity index (χ1) is 7.71. The first-order valence-electron chi connectivity index (χ1n) is 4.90. The fourth-order valence-electron chi connectivity index (χ4n) is 1.22. The average molecular weight is 290 g/mol. The molecule has 4 nitrogen and oxygen atoms in total. The van der Waals surface area contributed by atoms with E-state index >= 15 is 0 Å². The largest absolute Gasteiger partial charge is 0.497 e. The molecule has 1 rings (SSSR count). The molecule has 0 fully saturated rings. The molecule has 0 amide bonds. The van der Waals surface area contributed by atoms with Crippen LogP contribution in [0.1, 0.15) is 0 Å². The lowest BCUT2D eigenvalue weighted by molar-refractivity contribution is 0.0855. The van der Waals surface area contributed by atoms with Gasteiger partial charge in [-0.15, -0.1) is 0 Å². The molecule has 1 atom stereocenters. The molecule has 1 aromatic rings. The van der Waals surface area contributed by atoms with Crippen molar-refractivity contribution in [3.63, 3.8) is 0 Å². The van der Waals surface area contributed by atoms with Crippen molar-refractivity contribution >= 4 is 15.9 Å². The van der Waals surface area contributed by atoms with E-state index in [4.69, 9.17) is 19.9 Å². The van der Waals surface area contributed by atoms with Gasteiger partial charge in [-0.1, -0.05) is 0 Å². The second kappa shape index (κ2) is 6.73. The van der Waals surface area contributed by atoms with Gasteiger partial charge in [0.25, 0.3) is 0 Å². The van der Waals surface area contributed by atoms with E-state index in [1.165, 1.54) is 0 Å². The highest BCUT2D eigenvalue weighted by Crippen LogP contribution is 2.29. The Labute approximate surface area is 104 Å². The number of nitrogens with two attached hydrogens (primary N) is 1. The van der Waals surface area contributed by atoms with E-state index in [1.807, 2.05) is 18.2 Å². The van der Waals surface area contributed by atoms with Crippen molar-refractivity contribution in [2.24, 2.45) is 5.73 Å². The summed E-state index contributed by atoms with van der Waals surface area (Å²) in [4.78, 5) is 0. The Kier molecular flexibility index (Phi) is 5.59. The van der Waals surface area contributed by atoms with Crippen molar-refractivity contribution < 1.29 is 14.2 Å². The highest BCUT2D eigenvalue weighted by molar-refractivity contribution is 9.10. The number of hydrogen-bond acceptors (Lipinski definition) is 4. The number of methoxy groups -OCH3 is 2. The molecule has 0 bridgehead atoms. The third kappa shape index (κ3) is 3.66. The van der Waals surface area contributed by atoms with Crippen molar-refractivity contribution in [3.8, 4) is 11.5 Å². The molecule has 0 aliphatic rings. The molecule has 5 heteroatoms. The van der Waals surface area contributed by atoms with Crippen LogP contribution in [-0.4, -0.2) is 33.5 Å². The van der Waals surface area contributed by atoms with Gasteiger partial charge in [-0.2, -0.15) is 0 Å².